The van der Waals surface area contributed by atoms with Crippen LogP contribution in [0.3, 0.4) is 0 Å². The number of carbonyl (C=O) groups excluding carboxylic acids is 1. The molecule has 0 unspecified atom stereocenters. The predicted octanol–water partition coefficient (Wildman–Crippen LogP) is 3.22. The number of thioether (sulfide) groups is 1. The first kappa shape index (κ1) is 13.1. The number of carbonyl (C=O) groups is 1. The lowest BCUT2D eigenvalue weighted by Gasteiger charge is -2.24. The maximum Gasteiger partial charge on any atom is 0.315 e. The van der Waals surface area contributed by atoms with Crippen molar-refractivity contribution in [3.63, 3.8) is 0 Å². The van der Waals surface area contributed by atoms with Crippen LogP contribution < -0.4 is 0 Å². The first-order chi connectivity index (χ1) is 7.56. The molecule has 0 bridgehead atoms. The summed E-state index contributed by atoms with van der Waals surface area (Å²) in [6.45, 7) is 6.51. The zero-order valence-electron chi connectivity index (χ0n) is 10.0. The van der Waals surface area contributed by atoms with Crippen LogP contribution in [-0.4, -0.2) is 18.3 Å². The smallest absolute Gasteiger partial charge is 0.315 e. The summed E-state index contributed by atoms with van der Waals surface area (Å²) < 4.78 is 4.85. The first-order valence-corrected chi connectivity index (χ1v) is 6.40. The van der Waals surface area contributed by atoms with Gasteiger partial charge in [-0.3, -0.25) is 4.79 Å². The van der Waals surface area contributed by atoms with Gasteiger partial charge >= 0.3 is 5.97 Å². The van der Waals surface area contributed by atoms with E-state index in [0.29, 0.717) is 12.4 Å². The average molecular weight is 238 g/mol. The highest BCUT2D eigenvalue weighted by Gasteiger charge is 2.22. The Morgan fingerprint density at radius 3 is 2.50 bits per heavy atom. The number of rotatable bonds is 5. The van der Waals surface area contributed by atoms with E-state index in [1.807, 2.05) is 25.1 Å². The lowest BCUT2D eigenvalue weighted by Crippen LogP contribution is -2.16. The summed E-state index contributed by atoms with van der Waals surface area (Å²) in [6, 6.07) is 10.2. The van der Waals surface area contributed by atoms with E-state index < -0.39 is 0 Å². The van der Waals surface area contributed by atoms with Crippen LogP contribution in [0.15, 0.2) is 30.3 Å². The van der Waals surface area contributed by atoms with Gasteiger partial charge in [0, 0.05) is 4.75 Å². The van der Waals surface area contributed by atoms with Gasteiger partial charge in [-0.15, -0.1) is 11.8 Å². The largest absolute Gasteiger partial charge is 0.465 e. The molecule has 0 aromatic heterocycles. The molecule has 0 aliphatic carbocycles. The molecule has 0 saturated carbocycles. The van der Waals surface area contributed by atoms with Gasteiger partial charge in [0.15, 0.2) is 0 Å². The predicted molar refractivity (Wildman–Crippen MR) is 68.6 cm³/mol. The minimum Gasteiger partial charge on any atom is -0.465 e. The van der Waals surface area contributed by atoms with Crippen molar-refractivity contribution in [1.82, 2.24) is 0 Å². The molecule has 0 N–H and O–H groups in total. The number of hydrogen-bond acceptors (Lipinski definition) is 3. The summed E-state index contributed by atoms with van der Waals surface area (Å²) in [5, 5.41) is 0. The molecule has 1 aromatic rings. The molecule has 0 atom stereocenters. The van der Waals surface area contributed by atoms with Crippen LogP contribution in [0.4, 0.5) is 0 Å². The zero-order valence-corrected chi connectivity index (χ0v) is 10.8. The topological polar surface area (TPSA) is 26.3 Å². The van der Waals surface area contributed by atoms with Crippen LogP contribution >= 0.6 is 11.8 Å². The molecule has 0 radical (unpaired) electrons. The lowest BCUT2D eigenvalue weighted by molar-refractivity contribution is -0.139. The Labute approximate surface area is 101 Å². The van der Waals surface area contributed by atoms with Crippen LogP contribution in [-0.2, 0) is 14.3 Å². The Hall–Kier alpha value is -0.960. The second-order valence-electron chi connectivity index (χ2n) is 3.97. The zero-order chi connectivity index (χ0) is 12.0. The maximum absolute atomic E-state index is 11.3. The number of hydrogen-bond donors (Lipinski definition) is 0. The molecule has 0 aliphatic rings. The molecule has 88 valence electrons. The molecule has 0 fully saturated rings. The first-order valence-electron chi connectivity index (χ1n) is 5.41. The number of ether oxygens (including phenoxy) is 1. The van der Waals surface area contributed by atoms with Crippen LogP contribution in [0.1, 0.15) is 26.3 Å². The van der Waals surface area contributed by atoms with E-state index in [2.05, 4.69) is 26.0 Å². The van der Waals surface area contributed by atoms with Crippen molar-refractivity contribution in [1.29, 1.82) is 0 Å². The molecule has 1 aromatic carbocycles. The second kappa shape index (κ2) is 5.94. The third-order valence-corrected chi connectivity index (χ3v) is 3.66. The molecule has 16 heavy (non-hydrogen) atoms. The summed E-state index contributed by atoms with van der Waals surface area (Å²) in [6.07, 6.45) is 0. The Kier molecular flexibility index (Phi) is 4.87. The summed E-state index contributed by atoms with van der Waals surface area (Å²) in [4.78, 5) is 11.3. The van der Waals surface area contributed by atoms with Crippen LogP contribution in [0.25, 0.3) is 0 Å². The van der Waals surface area contributed by atoms with E-state index in [1.54, 1.807) is 11.8 Å². The van der Waals surface area contributed by atoms with E-state index in [-0.39, 0.29) is 10.7 Å². The second-order valence-corrected chi connectivity index (χ2v) is 5.57. The fourth-order valence-electron chi connectivity index (χ4n) is 1.36. The van der Waals surface area contributed by atoms with E-state index in [0.717, 1.165) is 0 Å². The fraction of sp³-hybridized carbons (Fsp3) is 0.462. The van der Waals surface area contributed by atoms with Gasteiger partial charge < -0.3 is 4.74 Å². The van der Waals surface area contributed by atoms with Gasteiger partial charge in [0.05, 0.1) is 12.4 Å². The Morgan fingerprint density at radius 1 is 1.31 bits per heavy atom. The molecule has 0 heterocycles. The van der Waals surface area contributed by atoms with E-state index in [4.69, 9.17) is 4.74 Å². The molecule has 0 aliphatic heterocycles. The van der Waals surface area contributed by atoms with E-state index in [1.165, 1.54) is 5.56 Å². The Morgan fingerprint density at radius 2 is 1.94 bits per heavy atom. The fourth-order valence-corrected chi connectivity index (χ4v) is 2.23. The molecule has 1 rings (SSSR count). The highest BCUT2D eigenvalue weighted by atomic mass is 32.2. The molecular formula is C13H18O2S. The van der Waals surface area contributed by atoms with Crippen LogP contribution in [0.2, 0.25) is 0 Å². The van der Waals surface area contributed by atoms with Gasteiger partial charge in [0.1, 0.15) is 0 Å². The monoisotopic (exact) mass is 238 g/mol. The molecule has 2 nitrogen and oxygen atoms in total. The molecule has 3 heteroatoms. The van der Waals surface area contributed by atoms with Gasteiger partial charge in [-0.2, -0.15) is 0 Å². The highest BCUT2D eigenvalue weighted by Crippen LogP contribution is 2.35. The molecule has 0 spiro atoms. The van der Waals surface area contributed by atoms with Crippen molar-refractivity contribution in [2.45, 2.75) is 25.5 Å². The molecular weight excluding hydrogens is 220 g/mol. The quantitative estimate of drug-likeness (QED) is 0.737. The van der Waals surface area contributed by atoms with Crippen molar-refractivity contribution in [3.05, 3.63) is 35.9 Å². The maximum atomic E-state index is 11.3. The van der Waals surface area contributed by atoms with Gasteiger partial charge in [0.2, 0.25) is 0 Å². The summed E-state index contributed by atoms with van der Waals surface area (Å²) in [5.41, 5.74) is 1.23. The standard InChI is InChI=1S/C13H18O2S/c1-4-15-12(14)10-16-13(2,3)11-8-6-5-7-9-11/h5-9H,4,10H2,1-3H3. The number of esters is 1. The van der Waals surface area contributed by atoms with Crippen LogP contribution in [0, 0.1) is 0 Å². The summed E-state index contributed by atoms with van der Waals surface area (Å²) >= 11 is 1.61. The van der Waals surface area contributed by atoms with Crippen molar-refractivity contribution >= 4 is 17.7 Å². The lowest BCUT2D eigenvalue weighted by atomic mass is 10.0. The van der Waals surface area contributed by atoms with Crippen LogP contribution in [0.5, 0.6) is 0 Å². The van der Waals surface area contributed by atoms with Gasteiger partial charge in [-0.05, 0) is 26.3 Å². The van der Waals surface area contributed by atoms with Gasteiger partial charge in [-0.1, -0.05) is 30.3 Å². The highest BCUT2D eigenvalue weighted by molar-refractivity contribution is 8.00. The van der Waals surface area contributed by atoms with Gasteiger partial charge in [-0.25, -0.2) is 0 Å². The molecule has 0 saturated heterocycles. The summed E-state index contributed by atoms with van der Waals surface area (Å²) in [5.74, 6) is 0.256. The molecule has 0 amide bonds. The Balaban J connectivity index is 2.55. The Bertz CT molecular complexity index is 333. The minimum atomic E-state index is -0.142. The van der Waals surface area contributed by atoms with Gasteiger partial charge in [0.25, 0.3) is 0 Å². The third kappa shape index (κ3) is 3.89. The number of benzene rings is 1. The third-order valence-electron chi connectivity index (χ3n) is 2.33. The van der Waals surface area contributed by atoms with E-state index in [9.17, 15) is 4.79 Å². The van der Waals surface area contributed by atoms with Crippen molar-refractivity contribution in [3.8, 4) is 0 Å². The van der Waals surface area contributed by atoms with E-state index >= 15 is 0 Å². The van der Waals surface area contributed by atoms with Crippen molar-refractivity contribution in [2.75, 3.05) is 12.4 Å². The normalized spacial score (nSPS) is 11.2. The van der Waals surface area contributed by atoms with Crippen molar-refractivity contribution in [2.24, 2.45) is 0 Å². The van der Waals surface area contributed by atoms with Crippen molar-refractivity contribution < 1.29 is 9.53 Å². The SMILES string of the molecule is CCOC(=O)CSC(C)(C)c1ccccc1. The summed E-state index contributed by atoms with van der Waals surface area (Å²) in [7, 11) is 0. The average Bonchev–Trinajstić information content (AvgIpc) is 2.28. The minimum absolute atomic E-state index is 0.0615.